The van der Waals surface area contributed by atoms with E-state index in [-0.39, 0.29) is 5.91 Å². The molecule has 0 aliphatic rings. The summed E-state index contributed by atoms with van der Waals surface area (Å²) in [6.45, 7) is 4.67. The van der Waals surface area contributed by atoms with Gasteiger partial charge in [0.1, 0.15) is 5.75 Å². The summed E-state index contributed by atoms with van der Waals surface area (Å²) in [6, 6.07) is 19.0. The molecule has 2 heterocycles. The van der Waals surface area contributed by atoms with E-state index in [1.807, 2.05) is 60.0 Å². The minimum atomic E-state index is -0.130. The Morgan fingerprint density at radius 1 is 1.12 bits per heavy atom. The number of aromatic nitrogens is 3. The van der Waals surface area contributed by atoms with Crippen LogP contribution < -0.4 is 14.8 Å². The molecule has 0 atom stereocenters. The van der Waals surface area contributed by atoms with Gasteiger partial charge < -0.3 is 14.8 Å². The highest BCUT2D eigenvalue weighted by Crippen LogP contribution is 2.27. The smallest absolute Gasteiger partial charge is 0.336 e. The number of nitrogens with one attached hydrogen (secondary N) is 1. The summed E-state index contributed by atoms with van der Waals surface area (Å²) in [4.78, 5) is 17.6. The zero-order chi connectivity index (χ0) is 22.5. The van der Waals surface area contributed by atoms with Gasteiger partial charge in [-0.2, -0.15) is 4.98 Å². The Morgan fingerprint density at radius 2 is 1.94 bits per heavy atom. The third kappa shape index (κ3) is 4.97. The summed E-state index contributed by atoms with van der Waals surface area (Å²) < 4.78 is 12.9. The fraction of sp³-hybridized carbons (Fsp3) is 0.208. The van der Waals surface area contributed by atoms with Crippen molar-refractivity contribution in [1.82, 2.24) is 14.8 Å². The number of amides is 1. The van der Waals surface area contributed by atoms with Crippen molar-refractivity contribution in [1.29, 1.82) is 0 Å². The molecular weight excluding hydrogens is 424 g/mol. The molecule has 2 aromatic heterocycles. The summed E-state index contributed by atoms with van der Waals surface area (Å²) in [5, 5.41) is 9.36. The monoisotopic (exact) mass is 448 g/mol. The number of rotatable bonds is 8. The Labute approximate surface area is 190 Å². The van der Waals surface area contributed by atoms with Crippen LogP contribution in [0, 0.1) is 5.92 Å². The summed E-state index contributed by atoms with van der Waals surface area (Å²) >= 11 is 1.40. The standard InChI is InChI=1S/C24H24N4O3S/c1-16(2)15-31-24-26-22(17-6-4-7-20(14-17)30-3)28(27-24)19-11-9-18(10-12-19)25-23(29)21-8-5-13-32-21/h4-14,16H,15H2,1-3H3,(H,25,29). The van der Waals surface area contributed by atoms with Crippen molar-refractivity contribution in [3.8, 4) is 28.8 Å². The first-order chi connectivity index (χ1) is 15.5. The fourth-order valence-electron chi connectivity index (χ4n) is 3.01. The first-order valence-corrected chi connectivity index (χ1v) is 11.1. The van der Waals surface area contributed by atoms with Gasteiger partial charge in [-0.05, 0) is 53.8 Å². The van der Waals surface area contributed by atoms with Crippen LogP contribution in [-0.2, 0) is 0 Å². The first-order valence-electron chi connectivity index (χ1n) is 10.2. The van der Waals surface area contributed by atoms with E-state index in [9.17, 15) is 4.79 Å². The number of benzene rings is 2. The molecule has 0 aliphatic heterocycles. The molecule has 164 valence electrons. The largest absolute Gasteiger partial charge is 0.497 e. The van der Waals surface area contributed by atoms with Crippen molar-refractivity contribution in [3.63, 3.8) is 0 Å². The van der Waals surface area contributed by atoms with Crippen LogP contribution in [0.1, 0.15) is 23.5 Å². The minimum absolute atomic E-state index is 0.130. The maximum atomic E-state index is 12.3. The van der Waals surface area contributed by atoms with Crippen molar-refractivity contribution < 1.29 is 14.3 Å². The number of thiophene rings is 1. The average molecular weight is 449 g/mol. The van der Waals surface area contributed by atoms with E-state index in [2.05, 4.69) is 29.2 Å². The van der Waals surface area contributed by atoms with E-state index in [4.69, 9.17) is 9.47 Å². The highest BCUT2D eigenvalue weighted by Gasteiger charge is 2.16. The van der Waals surface area contributed by atoms with Crippen LogP contribution in [0.25, 0.3) is 17.1 Å². The number of ether oxygens (including phenoxy) is 2. The number of hydrogen-bond acceptors (Lipinski definition) is 6. The van der Waals surface area contributed by atoms with Crippen LogP contribution >= 0.6 is 11.3 Å². The number of carbonyl (C=O) groups is 1. The van der Waals surface area contributed by atoms with Gasteiger partial charge in [0.2, 0.25) is 0 Å². The van der Waals surface area contributed by atoms with Gasteiger partial charge in [-0.1, -0.05) is 32.0 Å². The van der Waals surface area contributed by atoms with E-state index in [0.717, 1.165) is 17.0 Å². The first kappa shape index (κ1) is 21.6. The number of anilines is 1. The Kier molecular flexibility index (Phi) is 6.51. The Bertz CT molecular complexity index is 1180. The highest BCUT2D eigenvalue weighted by atomic mass is 32.1. The third-order valence-electron chi connectivity index (χ3n) is 4.58. The van der Waals surface area contributed by atoms with E-state index in [0.29, 0.717) is 34.9 Å². The van der Waals surface area contributed by atoms with Crippen LogP contribution in [0.15, 0.2) is 66.0 Å². The van der Waals surface area contributed by atoms with Crippen molar-refractivity contribution in [2.45, 2.75) is 13.8 Å². The predicted molar refractivity (Wildman–Crippen MR) is 126 cm³/mol. The van der Waals surface area contributed by atoms with E-state index < -0.39 is 0 Å². The number of nitrogens with zero attached hydrogens (tertiary/aromatic N) is 3. The Morgan fingerprint density at radius 3 is 2.62 bits per heavy atom. The molecule has 0 spiro atoms. The summed E-state index contributed by atoms with van der Waals surface area (Å²) in [7, 11) is 1.63. The summed E-state index contributed by atoms with van der Waals surface area (Å²) in [6.07, 6.45) is 0. The molecule has 7 nitrogen and oxygen atoms in total. The fourth-order valence-corrected chi connectivity index (χ4v) is 3.63. The molecule has 0 saturated carbocycles. The lowest BCUT2D eigenvalue weighted by Gasteiger charge is -2.09. The molecule has 32 heavy (non-hydrogen) atoms. The van der Waals surface area contributed by atoms with Crippen LogP contribution in [-0.4, -0.2) is 34.4 Å². The minimum Gasteiger partial charge on any atom is -0.497 e. The molecule has 1 N–H and O–H groups in total. The molecule has 1 amide bonds. The zero-order valence-corrected chi connectivity index (χ0v) is 18.9. The van der Waals surface area contributed by atoms with Gasteiger partial charge in [0.15, 0.2) is 5.82 Å². The second-order valence-corrected chi connectivity index (χ2v) is 8.49. The molecule has 0 bridgehead atoms. The highest BCUT2D eigenvalue weighted by molar-refractivity contribution is 7.12. The third-order valence-corrected chi connectivity index (χ3v) is 5.44. The van der Waals surface area contributed by atoms with E-state index in [1.54, 1.807) is 17.9 Å². The second-order valence-electron chi connectivity index (χ2n) is 7.54. The molecule has 0 fully saturated rings. The molecule has 0 saturated heterocycles. The zero-order valence-electron chi connectivity index (χ0n) is 18.1. The molecule has 2 aromatic carbocycles. The topological polar surface area (TPSA) is 78.3 Å². The molecule has 8 heteroatoms. The lowest BCUT2D eigenvalue weighted by atomic mass is 10.2. The predicted octanol–water partition coefficient (Wildman–Crippen LogP) is 5.29. The molecule has 0 aliphatic carbocycles. The van der Waals surface area contributed by atoms with Crippen molar-refractivity contribution in [3.05, 3.63) is 70.9 Å². The molecule has 4 rings (SSSR count). The Hall–Kier alpha value is -3.65. The SMILES string of the molecule is COc1cccc(-c2nc(OCC(C)C)nn2-c2ccc(NC(=O)c3cccs3)cc2)c1. The average Bonchev–Trinajstić information content (AvgIpc) is 3.49. The van der Waals surface area contributed by atoms with Crippen molar-refractivity contribution >= 4 is 22.9 Å². The maximum absolute atomic E-state index is 12.3. The lowest BCUT2D eigenvalue weighted by Crippen LogP contribution is -2.10. The van der Waals surface area contributed by atoms with Gasteiger partial charge in [-0.25, -0.2) is 4.68 Å². The van der Waals surface area contributed by atoms with Gasteiger partial charge in [0.25, 0.3) is 5.91 Å². The molecule has 0 unspecified atom stereocenters. The quantitative estimate of drug-likeness (QED) is 0.396. The second kappa shape index (κ2) is 9.65. The van der Waals surface area contributed by atoms with Crippen molar-refractivity contribution in [2.24, 2.45) is 5.92 Å². The molecular formula is C24H24N4O3S. The van der Waals surface area contributed by atoms with Crippen LogP contribution in [0.4, 0.5) is 5.69 Å². The summed E-state index contributed by atoms with van der Waals surface area (Å²) in [5.74, 6) is 1.59. The summed E-state index contributed by atoms with van der Waals surface area (Å²) in [5.41, 5.74) is 2.35. The van der Waals surface area contributed by atoms with Gasteiger partial charge in [-0.3, -0.25) is 4.79 Å². The Balaban J connectivity index is 1.64. The maximum Gasteiger partial charge on any atom is 0.336 e. The van der Waals surface area contributed by atoms with Crippen molar-refractivity contribution in [2.75, 3.05) is 19.0 Å². The number of hydrogen-bond donors (Lipinski definition) is 1. The number of methoxy groups -OCH3 is 1. The van der Waals surface area contributed by atoms with Crippen LogP contribution in [0.3, 0.4) is 0 Å². The van der Waals surface area contributed by atoms with E-state index in [1.165, 1.54) is 11.3 Å². The van der Waals surface area contributed by atoms with Gasteiger partial charge in [0, 0.05) is 11.3 Å². The van der Waals surface area contributed by atoms with Crippen LogP contribution in [0.2, 0.25) is 0 Å². The normalized spacial score (nSPS) is 10.9. The molecule has 4 aromatic rings. The lowest BCUT2D eigenvalue weighted by molar-refractivity contribution is 0.103. The van der Waals surface area contributed by atoms with Gasteiger partial charge in [-0.15, -0.1) is 16.4 Å². The number of carbonyl (C=O) groups excluding carboxylic acids is 1. The van der Waals surface area contributed by atoms with Gasteiger partial charge >= 0.3 is 6.01 Å². The van der Waals surface area contributed by atoms with E-state index >= 15 is 0 Å². The van der Waals surface area contributed by atoms with Gasteiger partial charge in [0.05, 0.1) is 24.3 Å². The molecule has 0 radical (unpaired) electrons. The van der Waals surface area contributed by atoms with Crippen LogP contribution in [0.5, 0.6) is 11.8 Å².